The van der Waals surface area contributed by atoms with E-state index in [9.17, 15) is 0 Å². The molecule has 16 heavy (non-hydrogen) atoms. The molecular formula is C11H18N4S. The molecule has 1 aromatic heterocycles. The molecule has 0 spiro atoms. The summed E-state index contributed by atoms with van der Waals surface area (Å²) in [7, 11) is 0. The maximum Gasteiger partial charge on any atom is 0.224 e. The molecule has 0 aliphatic carbocycles. The normalized spacial score (nSPS) is 20.9. The molecule has 0 amide bonds. The molecule has 1 fully saturated rings. The lowest BCUT2D eigenvalue weighted by atomic mass is 10.3. The molecule has 2 heterocycles. The number of aromatic nitrogens is 2. The van der Waals surface area contributed by atoms with Crippen molar-refractivity contribution in [3.05, 3.63) is 12.3 Å². The van der Waals surface area contributed by atoms with Crippen LogP contribution in [-0.4, -0.2) is 40.6 Å². The van der Waals surface area contributed by atoms with E-state index in [1.165, 1.54) is 5.75 Å². The van der Waals surface area contributed by atoms with Crippen LogP contribution in [0.25, 0.3) is 0 Å². The minimum absolute atomic E-state index is 0.686. The lowest BCUT2D eigenvalue weighted by Gasteiger charge is -2.31. The Hall–Kier alpha value is -0.970. The third-order valence-electron chi connectivity index (χ3n) is 2.54. The highest BCUT2D eigenvalue weighted by atomic mass is 32.2. The van der Waals surface area contributed by atoms with Gasteiger partial charge in [0, 0.05) is 36.8 Å². The van der Waals surface area contributed by atoms with E-state index in [-0.39, 0.29) is 0 Å². The van der Waals surface area contributed by atoms with E-state index in [2.05, 4.69) is 34.0 Å². The van der Waals surface area contributed by atoms with Crippen LogP contribution in [0.1, 0.15) is 13.8 Å². The average Bonchev–Trinajstić information content (AvgIpc) is 2.30. The van der Waals surface area contributed by atoms with Crippen molar-refractivity contribution in [2.45, 2.75) is 19.1 Å². The van der Waals surface area contributed by atoms with Gasteiger partial charge in [0.25, 0.3) is 0 Å². The third-order valence-corrected chi connectivity index (χ3v) is 3.68. The van der Waals surface area contributed by atoms with Crippen LogP contribution in [0, 0.1) is 0 Å². The molecule has 1 N–H and O–H groups in total. The molecule has 2 rings (SSSR count). The molecular weight excluding hydrogens is 220 g/mol. The van der Waals surface area contributed by atoms with Crippen LogP contribution in [0.2, 0.25) is 0 Å². The summed E-state index contributed by atoms with van der Waals surface area (Å²) in [6, 6.07) is 1.99. The Bertz CT molecular complexity index is 345. The maximum atomic E-state index is 4.52. The predicted molar refractivity (Wildman–Crippen MR) is 70.3 cm³/mol. The molecule has 1 saturated heterocycles. The van der Waals surface area contributed by atoms with E-state index in [0.717, 1.165) is 31.4 Å². The minimum atomic E-state index is 0.686. The Labute approximate surface area is 101 Å². The van der Waals surface area contributed by atoms with Gasteiger partial charge in [0.05, 0.1) is 0 Å². The second-order valence-corrected chi connectivity index (χ2v) is 5.44. The fourth-order valence-electron chi connectivity index (χ4n) is 1.80. The molecule has 0 saturated carbocycles. The van der Waals surface area contributed by atoms with Crippen LogP contribution in [0.5, 0.6) is 0 Å². The van der Waals surface area contributed by atoms with Crippen molar-refractivity contribution in [3.8, 4) is 0 Å². The average molecular weight is 238 g/mol. The highest BCUT2D eigenvalue weighted by Crippen LogP contribution is 2.22. The fourth-order valence-corrected chi connectivity index (χ4v) is 2.81. The van der Waals surface area contributed by atoms with Crippen LogP contribution >= 0.6 is 11.8 Å². The smallest absolute Gasteiger partial charge is 0.224 e. The topological polar surface area (TPSA) is 41.1 Å². The molecule has 88 valence electrons. The van der Waals surface area contributed by atoms with E-state index in [0.29, 0.717) is 5.25 Å². The highest BCUT2D eigenvalue weighted by molar-refractivity contribution is 8.00. The maximum absolute atomic E-state index is 4.52. The van der Waals surface area contributed by atoms with Crippen LogP contribution in [-0.2, 0) is 0 Å². The minimum Gasteiger partial charge on any atom is -0.355 e. The molecule has 5 heteroatoms. The zero-order chi connectivity index (χ0) is 11.4. The quantitative estimate of drug-likeness (QED) is 0.870. The van der Waals surface area contributed by atoms with Gasteiger partial charge >= 0.3 is 0 Å². The second kappa shape index (κ2) is 5.39. The van der Waals surface area contributed by atoms with Gasteiger partial charge in [-0.05, 0) is 13.0 Å². The van der Waals surface area contributed by atoms with Crippen molar-refractivity contribution >= 4 is 23.5 Å². The van der Waals surface area contributed by atoms with E-state index in [1.807, 2.05) is 24.0 Å². The lowest BCUT2D eigenvalue weighted by molar-refractivity contribution is 0.768. The van der Waals surface area contributed by atoms with Crippen molar-refractivity contribution in [2.75, 3.05) is 35.6 Å². The molecule has 1 aromatic rings. The van der Waals surface area contributed by atoms with Crippen LogP contribution < -0.4 is 10.2 Å². The van der Waals surface area contributed by atoms with Gasteiger partial charge in [-0.1, -0.05) is 6.92 Å². The Morgan fingerprint density at radius 1 is 1.62 bits per heavy atom. The molecule has 0 bridgehead atoms. The van der Waals surface area contributed by atoms with Crippen molar-refractivity contribution in [1.29, 1.82) is 0 Å². The standard InChI is InChI=1S/C11H18N4S/c1-3-12-11-13-5-4-10(14-11)15-6-7-16-9(2)8-15/h4-5,9H,3,6-8H2,1-2H3,(H,12,13,14). The summed E-state index contributed by atoms with van der Waals surface area (Å²) in [5.74, 6) is 2.95. The number of thioether (sulfide) groups is 1. The van der Waals surface area contributed by atoms with Gasteiger partial charge in [-0.25, -0.2) is 4.98 Å². The first-order chi connectivity index (χ1) is 7.79. The second-order valence-electron chi connectivity index (χ2n) is 3.90. The van der Waals surface area contributed by atoms with E-state index in [4.69, 9.17) is 0 Å². The van der Waals surface area contributed by atoms with Gasteiger partial charge in [0.1, 0.15) is 5.82 Å². The molecule has 1 unspecified atom stereocenters. The van der Waals surface area contributed by atoms with Crippen molar-refractivity contribution in [3.63, 3.8) is 0 Å². The van der Waals surface area contributed by atoms with Crippen LogP contribution in [0.4, 0.5) is 11.8 Å². The van der Waals surface area contributed by atoms with Crippen molar-refractivity contribution in [2.24, 2.45) is 0 Å². The largest absolute Gasteiger partial charge is 0.355 e. The first-order valence-electron chi connectivity index (χ1n) is 5.73. The summed E-state index contributed by atoms with van der Waals surface area (Å²) in [6.45, 7) is 7.33. The Morgan fingerprint density at radius 2 is 2.50 bits per heavy atom. The summed E-state index contributed by atoms with van der Waals surface area (Å²) in [5.41, 5.74) is 0. The molecule has 0 radical (unpaired) electrons. The Kier molecular flexibility index (Phi) is 3.88. The number of hydrogen-bond donors (Lipinski definition) is 1. The summed E-state index contributed by atoms with van der Waals surface area (Å²) < 4.78 is 0. The molecule has 0 aromatic carbocycles. The van der Waals surface area contributed by atoms with Gasteiger partial charge in [-0.15, -0.1) is 0 Å². The summed E-state index contributed by atoms with van der Waals surface area (Å²) in [5, 5.41) is 3.83. The van der Waals surface area contributed by atoms with E-state index >= 15 is 0 Å². The Balaban J connectivity index is 2.09. The number of anilines is 2. The molecule has 1 aliphatic heterocycles. The van der Waals surface area contributed by atoms with Crippen molar-refractivity contribution in [1.82, 2.24) is 9.97 Å². The van der Waals surface area contributed by atoms with Gasteiger partial charge in [0.15, 0.2) is 0 Å². The zero-order valence-corrected chi connectivity index (χ0v) is 10.6. The fraction of sp³-hybridized carbons (Fsp3) is 0.636. The van der Waals surface area contributed by atoms with Gasteiger partial charge in [-0.2, -0.15) is 16.7 Å². The molecule has 1 aliphatic rings. The summed E-state index contributed by atoms with van der Waals surface area (Å²) in [6.07, 6.45) is 1.83. The first-order valence-corrected chi connectivity index (χ1v) is 6.78. The SMILES string of the molecule is CCNc1nccc(N2CCSC(C)C2)n1. The lowest BCUT2D eigenvalue weighted by Crippen LogP contribution is -2.37. The molecule has 1 atom stereocenters. The van der Waals surface area contributed by atoms with Crippen LogP contribution in [0.15, 0.2) is 12.3 Å². The summed E-state index contributed by atoms with van der Waals surface area (Å²) >= 11 is 2.03. The number of rotatable bonds is 3. The summed E-state index contributed by atoms with van der Waals surface area (Å²) in [4.78, 5) is 11.0. The molecule has 4 nitrogen and oxygen atoms in total. The number of nitrogens with zero attached hydrogens (tertiary/aromatic N) is 3. The third kappa shape index (κ3) is 2.78. The van der Waals surface area contributed by atoms with E-state index in [1.54, 1.807) is 0 Å². The van der Waals surface area contributed by atoms with Crippen molar-refractivity contribution < 1.29 is 0 Å². The number of hydrogen-bond acceptors (Lipinski definition) is 5. The Morgan fingerprint density at radius 3 is 3.25 bits per heavy atom. The highest BCUT2D eigenvalue weighted by Gasteiger charge is 2.18. The number of nitrogens with one attached hydrogen (secondary N) is 1. The van der Waals surface area contributed by atoms with Gasteiger partial charge < -0.3 is 10.2 Å². The zero-order valence-electron chi connectivity index (χ0n) is 9.81. The van der Waals surface area contributed by atoms with E-state index < -0.39 is 0 Å². The van der Waals surface area contributed by atoms with Crippen LogP contribution in [0.3, 0.4) is 0 Å². The predicted octanol–water partition coefficient (Wildman–Crippen LogP) is 1.85. The van der Waals surface area contributed by atoms with Gasteiger partial charge in [0.2, 0.25) is 5.95 Å². The van der Waals surface area contributed by atoms with Gasteiger partial charge in [-0.3, -0.25) is 0 Å². The monoisotopic (exact) mass is 238 g/mol. The first kappa shape index (κ1) is 11.5.